The first-order valence-corrected chi connectivity index (χ1v) is 18.7. The standard InChI is InChI=1S/C21H22F2N10O9P2S2/c1-46-44(36)38-3-8-13(10(23)19(40-8)32-5-28-11-15(24)26-4-27-16(11)32)41-43(35,45)37-2-7-9(22)14(42-44)20(39-7)33-6-29-12-17(33)30-21(25)31-18(12)34/h1,4-10,13-14,19-20H,2-3H2,(H,35,45)(H2,24,26,27)(H3,25,30,31,34)/t7-,8-,9-,10-,13-,14-,19-,20-,43?,44-/m1/s1. The predicted octanol–water partition coefficient (Wildman–Crippen LogP) is 1.06. The van der Waals surface area contributed by atoms with Gasteiger partial charge in [0.25, 0.3) is 5.56 Å². The number of rotatable bonds is 2. The van der Waals surface area contributed by atoms with E-state index in [1.54, 1.807) is 0 Å². The molecule has 6 N–H and O–H groups in total. The van der Waals surface area contributed by atoms with Gasteiger partial charge in [-0.3, -0.25) is 32.5 Å². The van der Waals surface area contributed by atoms with Crippen molar-refractivity contribution in [1.82, 2.24) is 39.0 Å². The summed E-state index contributed by atoms with van der Waals surface area (Å²) in [7, 11) is 0.131. The van der Waals surface area contributed by atoms with Gasteiger partial charge in [0.1, 0.15) is 36.3 Å². The van der Waals surface area contributed by atoms with Crippen molar-refractivity contribution in [2.24, 2.45) is 0 Å². The first kappa shape index (κ1) is 31.6. The summed E-state index contributed by atoms with van der Waals surface area (Å²) in [6.07, 6.45) is -9.97. The summed E-state index contributed by atoms with van der Waals surface area (Å²) >= 11 is 5.13. The van der Waals surface area contributed by atoms with Crippen LogP contribution in [0.25, 0.3) is 22.3 Å². The number of nitrogens with two attached hydrogens (primary N) is 2. The number of nitrogen functional groups attached to an aromatic ring is 2. The molecule has 3 fully saturated rings. The summed E-state index contributed by atoms with van der Waals surface area (Å²) < 4.78 is 82.0. The number of aromatic nitrogens is 8. The van der Waals surface area contributed by atoms with Crippen LogP contribution in [0.5, 0.6) is 0 Å². The second-order valence-electron chi connectivity index (χ2n) is 10.1. The van der Waals surface area contributed by atoms with E-state index in [-0.39, 0.29) is 44.9 Å². The van der Waals surface area contributed by atoms with Crippen LogP contribution < -0.4 is 17.0 Å². The number of nitrogens with one attached hydrogen (secondary N) is 1. The molecule has 7 heterocycles. The lowest BCUT2D eigenvalue weighted by Gasteiger charge is -2.26. The van der Waals surface area contributed by atoms with Gasteiger partial charge >= 0.3 is 13.5 Å². The summed E-state index contributed by atoms with van der Waals surface area (Å²) in [6, 6.07) is 0. The Labute approximate surface area is 263 Å². The first-order chi connectivity index (χ1) is 21.9. The van der Waals surface area contributed by atoms with Gasteiger partial charge in [0.2, 0.25) is 5.95 Å². The molecule has 46 heavy (non-hydrogen) atoms. The molecular weight excluding hydrogens is 700 g/mol. The minimum atomic E-state index is -4.50. The van der Waals surface area contributed by atoms with E-state index in [4.69, 9.17) is 56.5 Å². The Hall–Kier alpha value is -3.04. The zero-order chi connectivity index (χ0) is 32.5. The smallest absolute Gasteiger partial charge is 0.382 e. The van der Waals surface area contributed by atoms with Crippen molar-refractivity contribution in [3.05, 3.63) is 29.3 Å². The molecule has 0 amide bonds. The molecule has 0 radical (unpaired) electrons. The number of H-pyrrole nitrogens is 1. The van der Waals surface area contributed by atoms with E-state index in [2.05, 4.69) is 29.9 Å². The monoisotopic (exact) mass is 722 g/mol. The van der Waals surface area contributed by atoms with Crippen LogP contribution in [0, 0.1) is 5.69 Å². The number of fused-ring (bicyclic) bond motifs is 5. The Bertz CT molecular complexity index is 2050. The Balaban J connectivity index is 1.23. The predicted molar refractivity (Wildman–Crippen MR) is 158 cm³/mol. The number of anilines is 2. The van der Waals surface area contributed by atoms with Gasteiger partial charge in [-0.15, -0.1) is 0 Å². The van der Waals surface area contributed by atoms with E-state index >= 15 is 8.78 Å². The summed E-state index contributed by atoms with van der Waals surface area (Å²) in [4.78, 5) is 45.6. The highest BCUT2D eigenvalue weighted by atomic mass is 32.7. The second kappa shape index (κ2) is 11.6. The van der Waals surface area contributed by atoms with Crippen LogP contribution in [0.15, 0.2) is 23.8 Å². The maximum absolute atomic E-state index is 16.1. The Morgan fingerprint density at radius 3 is 2.43 bits per heavy atom. The van der Waals surface area contributed by atoms with Crippen LogP contribution in [0.2, 0.25) is 0 Å². The molecule has 3 saturated heterocycles. The summed E-state index contributed by atoms with van der Waals surface area (Å²) in [6.45, 7) is -10.3. The highest BCUT2D eigenvalue weighted by molar-refractivity contribution is 8.48. The van der Waals surface area contributed by atoms with Crippen LogP contribution in [0.1, 0.15) is 12.5 Å². The van der Waals surface area contributed by atoms with Gasteiger partial charge < -0.3 is 30.4 Å². The molecule has 19 nitrogen and oxygen atoms in total. The highest BCUT2D eigenvalue weighted by Crippen LogP contribution is 2.60. The molecule has 7 rings (SSSR count). The van der Waals surface area contributed by atoms with Crippen molar-refractivity contribution in [3.8, 4) is 5.69 Å². The maximum atomic E-state index is 16.1. The number of hydrogen-bond donors (Lipinski definition) is 4. The lowest BCUT2D eigenvalue weighted by Crippen LogP contribution is -2.34. The zero-order valence-electron chi connectivity index (χ0n) is 22.8. The van der Waals surface area contributed by atoms with Crippen LogP contribution in [0.3, 0.4) is 0 Å². The third-order valence-electron chi connectivity index (χ3n) is 7.35. The quantitative estimate of drug-likeness (QED) is 0.211. The van der Waals surface area contributed by atoms with Crippen molar-refractivity contribution in [2.75, 3.05) is 24.7 Å². The van der Waals surface area contributed by atoms with E-state index in [9.17, 15) is 14.3 Å². The fourth-order valence-corrected chi connectivity index (χ4v) is 8.55. The van der Waals surface area contributed by atoms with Crippen LogP contribution >= 0.6 is 24.3 Å². The summed E-state index contributed by atoms with van der Waals surface area (Å²) in [5.41, 5.74) is 16.6. The van der Waals surface area contributed by atoms with Gasteiger partial charge in [0.15, 0.2) is 47.4 Å². The van der Waals surface area contributed by atoms with E-state index in [1.807, 2.05) is 0 Å². The number of alkyl halides is 2. The largest absolute Gasteiger partial charge is 0.418 e. The number of imidazole rings is 2. The van der Waals surface area contributed by atoms with Crippen molar-refractivity contribution in [2.45, 2.75) is 49.2 Å². The van der Waals surface area contributed by atoms with Gasteiger partial charge in [-0.05, 0) is 22.6 Å². The Morgan fingerprint density at radius 2 is 1.67 bits per heavy atom. The van der Waals surface area contributed by atoms with Crippen LogP contribution in [-0.2, 0) is 43.9 Å². The molecule has 0 saturated carbocycles. The molecular formula is C21H22F2N10O9P2S2. The molecule has 2 bridgehead atoms. The molecule has 3 aliphatic heterocycles. The third kappa shape index (κ3) is 5.41. The van der Waals surface area contributed by atoms with Crippen molar-refractivity contribution in [3.63, 3.8) is 0 Å². The zero-order valence-corrected chi connectivity index (χ0v) is 26.2. The molecule has 3 aliphatic rings. The van der Waals surface area contributed by atoms with Crippen LogP contribution in [-0.4, -0.2) is 93.9 Å². The average Bonchev–Trinajstić information content (AvgIpc) is 3.77. The first-order valence-electron chi connectivity index (χ1n) is 13.1. The molecule has 246 valence electrons. The lowest BCUT2D eigenvalue weighted by molar-refractivity contribution is -0.0578. The molecule has 0 aromatic carbocycles. The minimum Gasteiger partial charge on any atom is -0.382 e. The fraction of sp³-hybridized carbons (Fsp3) is 0.476. The van der Waals surface area contributed by atoms with Crippen molar-refractivity contribution >= 4 is 70.2 Å². The van der Waals surface area contributed by atoms with Crippen molar-refractivity contribution < 1.29 is 45.8 Å². The van der Waals surface area contributed by atoms with E-state index in [0.717, 1.165) is 17.2 Å². The third-order valence-corrected chi connectivity index (χ3v) is 11.5. The second-order valence-corrected chi connectivity index (χ2v) is 16.5. The average molecular weight is 723 g/mol. The summed E-state index contributed by atoms with van der Waals surface area (Å²) in [5.74, 6) is -0.235. The van der Waals surface area contributed by atoms with E-state index in [0.29, 0.717) is 0 Å². The minimum absolute atomic E-state index is 0.0349. The molecule has 0 spiro atoms. The number of nitrogens with zero attached hydrogens (tertiary/aromatic N) is 7. The van der Waals surface area contributed by atoms with Gasteiger partial charge in [0.05, 0.1) is 25.9 Å². The van der Waals surface area contributed by atoms with Gasteiger partial charge in [-0.25, -0.2) is 33.3 Å². The Kier molecular flexibility index (Phi) is 7.95. The number of halogens is 2. The lowest BCUT2D eigenvalue weighted by atomic mass is 10.1. The molecule has 10 atom stereocenters. The molecule has 4 aromatic heterocycles. The van der Waals surface area contributed by atoms with Crippen LogP contribution in [0.4, 0.5) is 20.5 Å². The maximum Gasteiger partial charge on any atom is 0.418 e. The van der Waals surface area contributed by atoms with E-state index < -0.39 is 81.5 Å². The molecule has 4 aromatic rings. The fourth-order valence-electron chi connectivity index (χ4n) is 5.28. The summed E-state index contributed by atoms with van der Waals surface area (Å²) in [5, 5.41) is 0. The normalized spacial score (nSPS) is 37.0. The number of ether oxygens (including phenoxy) is 2. The van der Waals surface area contributed by atoms with Gasteiger partial charge in [-0.1, -0.05) is 5.69 Å². The topological polar surface area (TPSA) is 252 Å². The molecule has 0 aliphatic carbocycles. The van der Waals surface area contributed by atoms with E-state index in [1.165, 1.54) is 10.9 Å². The SMILES string of the molecule is C#S[P@]1(=O)OC[C@H]2O[C@@H](n3cnc4c(N)ncnc43)[C@H](F)[C@@H]2OP(O)(=S)OC[C@H]2O[C@@H](n3cnc4c(=O)[nH]c(N)nc43)[C@H](O1)[C@@H]2F. The number of aromatic amines is 1. The molecule has 1 unspecified atom stereocenters. The van der Waals surface area contributed by atoms with Gasteiger partial charge in [-0.2, -0.15) is 4.98 Å². The molecule has 25 heteroatoms. The van der Waals surface area contributed by atoms with Crippen molar-refractivity contribution in [1.29, 1.82) is 0 Å². The van der Waals surface area contributed by atoms with Gasteiger partial charge in [0, 0.05) is 0 Å². The number of hydrogen-bond acceptors (Lipinski definition) is 16. The highest BCUT2D eigenvalue weighted by Gasteiger charge is 2.54. The Morgan fingerprint density at radius 1 is 0.978 bits per heavy atom.